The van der Waals surface area contributed by atoms with Crippen molar-refractivity contribution in [3.63, 3.8) is 0 Å². The number of aromatic nitrogens is 2. The second-order valence-electron chi connectivity index (χ2n) is 9.85. The van der Waals surface area contributed by atoms with Gasteiger partial charge in [-0.25, -0.2) is 18.7 Å². The van der Waals surface area contributed by atoms with E-state index < -0.39 is 30.1 Å². The molecule has 1 aliphatic heterocycles. The van der Waals surface area contributed by atoms with Crippen LogP contribution in [0.2, 0.25) is 0 Å². The summed E-state index contributed by atoms with van der Waals surface area (Å²) < 4.78 is 31.8. The number of methoxy groups -OCH3 is 2. The molecule has 0 saturated heterocycles. The Morgan fingerprint density at radius 1 is 1.19 bits per heavy atom. The lowest BCUT2D eigenvalue weighted by molar-refractivity contribution is -0.0970. The van der Waals surface area contributed by atoms with Crippen molar-refractivity contribution < 1.29 is 28.2 Å². The van der Waals surface area contributed by atoms with Crippen LogP contribution in [-0.4, -0.2) is 66.0 Å². The summed E-state index contributed by atoms with van der Waals surface area (Å²) >= 11 is 0. The Bertz CT molecular complexity index is 1100. The van der Waals surface area contributed by atoms with Crippen molar-refractivity contribution in [2.24, 2.45) is 0 Å². The van der Waals surface area contributed by atoms with Gasteiger partial charge < -0.3 is 24.4 Å². The summed E-state index contributed by atoms with van der Waals surface area (Å²) in [5.74, 6) is 0.0950. The molecule has 1 aliphatic rings. The van der Waals surface area contributed by atoms with Crippen LogP contribution in [0.25, 0.3) is 5.69 Å². The molecule has 198 valence electrons. The first-order valence-corrected chi connectivity index (χ1v) is 11.8. The van der Waals surface area contributed by atoms with Crippen LogP contribution in [0.5, 0.6) is 0 Å². The highest BCUT2D eigenvalue weighted by molar-refractivity contribution is 5.90. The molecule has 2 heterocycles. The molecule has 0 unspecified atom stereocenters. The fourth-order valence-corrected chi connectivity index (χ4v) is 4.19. The van der Waals surface area contributed by atoms with Crippen LogP contribution in [0, 0.1) is 19.7 Å². The lowest BCUT2D eigenvalue weighted by Gasteiger charge is -2.34. The van der Waals surface area contributed by atoms with Gasteiger partial charge in [0.05, 0.1) is 24.0 Å². The zero-order valence-electron chi connectivity index (χ0n) is 22.2. The number of carbonyl (C=O) groups excluding carboxylic acids is 2. The van der Waals surface area contributed by atoms with E-state index in [1.54, 1.807) is 35.6 Å². The number of carbonyl (C=O) groups is 2. The smallest absolute Gasteiger partial charge is 0.410 e. The Morgan fingerprint density at radius 3 is 2.36 bits per heavy atom. The van der Waals surface area contributed by atoms with E-state index in [0.29, 0.717) is 41.2 Å². The minimum atomic E-state index is -0.648. The summed E-state index contributed by atoms with van der Waals surface area (Å²) in [5.41, 5.74) is 2.30. The summed E-state index contributed by atoms with van der Waals surface area (Å²) in [6, 6.07) is 2.41. The van der Waals surface area contributed by atoms with Crippen LogP contribution in [-0.2, 0) is 20.6 Å². The molecule has 3 amide bonds. The number of aryl methyl sites for hydroxylation is 2. The first-order valence-electron chi connectivity index (χ1n) is 11.8. The van der Waals surface area contributed by atoms with Gasteiger partial charge in [-0.05, 0) is 64.8 Å². The number of urea groups is 1. The quantitative estimate of drug-likeness (QED) is 0.570. The summed E-state index contributed by atoms with van der Waals surface area (Å²) in [6.07, 6.45) is -0.588. The van der Waals surface area contributed by atoms with E-state index in [1.807, 2.05) is 27.7 Å². The third-order valence-electron chi connectivity index (χ3n) is 5.95. The van der Waals surface area contributed by atoms with Gasteiger partial charge in [0, 0.05) is 32.7 Å². The maximum Gasteiger partial charge on any atom is 0.410 e. The average molecular weight is 506 g/mol. The van der Waals surface area contributed by atoms with Crippen molar-refractivity contribution in [1.82, 2.24) is 20.0 Å². The van der Waals surface area contributed by atoms with Crippen molar-refractivity contribution >= 4 is 17.9 Å². The average Bonchev–Trinajstić information content (AvgIpc) is 3.15. The Morgan fingerprint density at radius 2 is 1.81 bits per heavy atom. The van der Waals surface area contributed by atoms with E-state index in [4.69, 9.17) is 19.3 Å². The molecule has 1 aromatic heterocycles. The first-order chi connectivity index (χ1) is 16.9. The second-order valence-corrected chi connectivity index (χ2v) is 9.85. The number of amides is 3. The van der Waals surface area contributed by atoms with Crippen LogP contribution in [0.4, 0.5) is 19.8 Å². The van der Waals surface area contributed by atoms with E-state index in [1.165, 1.54) is 14.2 Å². The van der Waals surface area contributed by atoms with Gasteiger partial charge in [-0.1, -0.05) is 0 Å². The van der Waals surface area contributed by atoms with Gasteiger partial charge in [-0.3, -0.25) is 5.32 Å². The number of nitrogens with one attached hydrogen (secondary N) is 2. The topological polar surface area (TPSA) is 107 Å². The van der Waals surface area contributed by atoms with Crippen LogP contribution in [0.1, 0.15) is 56.1 Å². The standard InChI is InChI=1S/C25H36FN5O5/c1-14-11-17(12-15(2)21(14)26)31-22(28-23(32)27-13-19(34-7)35-8)20-16(3)30(10-9-18(20)29-31)24(33)36-25(4,5)6/h11-12,16,19H,9-10,13H2,1-8H3,(H2,27,28,32)/t16-/m0/s1. The molecule has 1 aromatic carbocycles. The second kappa shape index (κ2) is 10.8. The number of rotatable bonds is 6. The van der Waals surface area contributed by atoms with Gasteiger partial charge in [0.2, 0.25) is 0 Å². The Kier molecular flexibility index (Phi) is 8.25. The summed E-state index contributed by atoms with van der Waals surface area (Å²) in [7, 11) is 2.96. The van der Waals surface area contributed by atoms with Crippen molar-refractivity contribution in [3.8, 4) is 5.69 Å². The lowest BCUT2D eigenvalue weighted by Crippen LogP contribution is -2.42. The molecule has 0 aliphatic carbocycles. The molecule has 2 N–H and O–H groups in total. The number of benzene rings is 1. The zero-order chi connectivity index (χ0) is 26.8. The number of fused-ring (bicyclic) bond motifs is 1. The van der Waals surface area contributed by atoms with Crippen LogP contribution >= 0.6 is 0 Å². The molecule has 36 heavy (non-hydrogen) atoms. The number of anilines is 1. The maximum absolute atomic E-state index is 14.4. The molecule has 0 bridgehead atoms. The number of ether oxygens (including phenoxy) is 3. The van der Waals surface area contributed by atoms with E-state index >= 15 is 0 Å². The summed E-state index contributed by atoms with van der Waals surface area (Å²) in [4.78, 5) is 27.4. The third kappa shape index (κ3) is 5.96. The lowest BCUT2D eigenvalue weighted by atomic mass is 10.00. The Hall–Kier alpha value is -3.18. The van der Waals surface area contributed by atoms with Gasteiger partial charge in [-0.2, -0.15) is 5.10 Å². The summed E-state index contributed by atoms with van der Waals surface area (Å²) in [6.45, 7) is 11.2. The first kappa shape index (κ1) is 27.4. The molecule has 3 rings (SSSR count). The van der Waals surface area contributed by atoms with Gasteiger partial charge in [0.15, 0.2) is 6.29 Å². The highest BCUT2D eigenvalue weighted by atomic mass is 19.1. The van der Waals surface area contributed by atoms with E-state index in [0.717, 1.165) is 5.69 Å². The fourth-order valence-electron chi connectivity index (χ4n) is 4.19. The van der Waals surface area contributed by atoms with Crippen LogP contribution in [0.15, 0.2) is 12.1 Å². The van der Waals surface area contributed by atoms with Crippen LogP contribution in [0.3, 0.4) is 0 Å². The number of nitrogens with zero attached hydrogens (tertiary/aromatic N) is 3. The third-order valence-corrected chi connectivity index (χ3v) is 5.95. The molecule has 10 nitrogen and oxygen atoms in total. The minimum absolute atomic E-state index is 0.115. The van der Waals surface area contributed by atoms with E-state index in [2.05, 4.69) is 10.6 Å². The molecule has 0 fully saturated rings. The van der Waals surface area contributed by atoms with Gasteiger partial charge in [0.25, 0.3) is 0 Å². The van der Waals surface area contributed by atoms with E-state index in [-0.39, 0.29) is 12.4 Å². The fraction of sp³-hybridized carbons (Fsp3) is 0.560. The molecule has 1 atom stereocenters. The molecule has 2 aromatic rings. The van der Waals surface area contributed by atoms with Gasteiger partial charge in [-0.15, -0.1) is 0 Å². The van der Waals surface area contributed by atoms with Gasteiger partial charge >= 0.3 is 12.1 Å². The number of hydrogen-bond acceptors (Lipinski definition) is 6. The highest BCUT2D eigenvalue weighted by Crippen LogP contribution is 2.37. The maximum atomic E-state index is 14.4. The minimum Gasteiger partial charge on any atom is -0.444 e. The molecular weight excluding hydrogens is 469 g/mol. The monoisotopic (exact) mass is 505 g/mol. The van der Waals surface area contributed by atoms with Gasteiger partial charge in [0.1, 0.15) is 17.2 Å². The molecule has 0 radical (unpaired) electrons. The van der Waals surface area contributed by atoms with Crippen molar-refractivity contribution in [1.29, 1.82) is 0 Å². The van der Waals surface area contributed by atoms with Crippen molar-refractivity contribution in [2.75, 3.05) is 32.6 Å². The highest BCUT2D eigenvalue weighted by Gasteiger charge is 2.36. The molecule has 11 heteroatoms. The Labute approximate surface area is 211 Å². The van der Waals surface area contributed by atoms with Crippen LogP contribution < -0.4 is 10.6 Å². The SMILES string of the molecule is COC(CNC(=O)Nc1c2c(nn1-c1cc(C)c(F)c(C)c1)CCN(C(=O)OC(C)(C)C)[C@H]2C)OC. The van der Waals surface area contributed by atoms with E-state index in [9.17, 15) is 14.0 Å². The molecule has 0 spiro atoms. The molecule has 0 saturated carbocycles. The molecular formula is C25H36FN5O5. The van der Waals surface area contributed by atoms with Crippen molar-refractivity contribution in [3.05, 3.63) is 40.3 Å². The largest absolute Gasteiger partial charge is 0.444 e. The Balaban J connectivity index is 2.03. The predicted molar refractivity (Wildman–Crippen MR) is 133 cm³/mol. The number of hydrogen-bond donors (Lipinski definition) is 2. The predicted octanol–water partition coefficient (Wildman–Crippen LogP) is 4.22. The summed E-state index contributed by atoms with van der Waals surface area (Å²) in [5, 5.41) is 10.3. The number of halogens is 1. The normalized spacial score (nSPS) is 15.6. The van der Waals surface area contributed by atoms with Crippen molar-refractivity contribution in [2.45, 2.75) is 65.9 Å². The zero-order valence-corrected chi connectivity index (χ0v) is 22.2.